The number of benzene rings is 4. The molecule has 0 saturated heterocycles. The Labute approximate surface area is 165 Å². The van der Waals surface area contributed by atoms with Crippen molar-refractivity contribution >= 4 is 56.5 Å². The average Bonchev–Trinajstić information content (AvgIpc) is 3.30. The van der Waals surface area contributed by atoms with E-state index in [0.29, 0.717) is 11.0 Å². The van der Waals surface area contributed by atoms with E-state index < -0.39 is 7.12 Å². The van der Waals surface area contributed by atoms with Crippen LogP contribution in [0.5, 0.6) is 0 Å². The highest BCUT2D eigenvalue weighted by atomic mass is 16.4. The molecule has 0 atom stereocenters. The van der Waals surface area contributed by atoms with Gasteiger partial charge in [-0.1, -0.05) is 42.5 Å². The summed E-state index contributed by atoms with van der Waals surface area (Å²) in [4.78, 5) is 0. The summed E-state index contributed by atoms with van der Waals surface area (Å²) in [6.45, 7) is 0. The highest BCUT2D eigenvalue weighted by Crippen LogP contribution is 2.35. The minimum atomic E-state index is -1.51. The third-order valence-corrected chi connectivity index (χ3v) is 5.51. The monoisotopic (exact) mass is 378 g/mol. The second-order valence-corrected chi connectivity index (χ2v) is 7.25. The van der Waals surface area contributed by atoms with Crippen LogP contribution in [0.4, 0.5) is 0 Å². The van der Waals surface area contributed by atoms with Gasteiger partial charge in [-0.05, 0) is 53.0 Å². The van der Waals surface area contributed by atoms with Gasteiger partial charge in [-0.25, -0.2) is 0 Å². The average molecular weight is 378 g/mol. The Balaban J connectivity index is 1.53. The van der Waals surface area contributed by atoms with E-state index in [-0.39, 0.29) is 0 Å². The molecule has 29 heavy (non-hydrogen) atoms. The van der Waals surface area contributed by atoms with E-state index in [1.807, 2.05) is 42.5 Å². The molecule has 0 aliphatic heterocycles. The lowest BCUT2D eigenvalue weighted by Crippen LogP contribution is -2.29. The molecule has 0 fully saturated rings. The lowest BCUT2D eigenvalue weighted by atomic mass is 9.80. The van der Waals surface area contributed by atoms with Crippen LogP contribution in [0.2, 0.25) is 0 Å². The maximum absolute atomic E-state index is 9.40. The molecule has 2 aromatic heterocycles. The lowest BCUT2D eigenvalue weighted by molar-refractivity contribution is 0.425. The molecule has 0 amide bonds. The van der Waals surface area contributed by atoms with Crippen LogP contribution in [0.1, 0.15) is 0 Å². The van der Waals surface area contributed by atoms with Crippen molar-refractivity contribution < 1.29 is 18.9 Å². The quantitative estimate of drug-likeness (QED) is 0.424. The molecule has 5 heteroatoms. The summed E-state index contributed by atoms with van der Waals surface area (Å²) in [5.41, 5.74) is 5.69. The molecular formula is C24H15BO4. The van der Waals surface area contributed by atoms with Crippen LogP contribution in [0.3, 0.4) is 0 Å². The van der Waals surface area contributed by atoms with Crippen LogP contribution in [0.25, 0.3) is 55.0 Å². The fraction of sp³-hybridized carbons (Fsp3) is 0. The van der Waals surface area contributed by atoms with Crippen molar-refractivity contribution in [2.75, 3.05) is 0 Å². The van der Waals surface area contributed by atoms with Crippen LogP contribution in [-0.4, -0.2) is 17.2 Å². The molecule has 0 aliphatic rings. The zero-order valence-electron chi connectivity index (χ0n) is 15.3. The topological polar surface area (TPSA) is 66.7 Å². The van der Waals surface area contributed by atoms with Gasteiger partial charge in [-0.3, -0.25) is 0 Å². The Morgan fingerprint density at radius 2 is 1.14 bits per heavy atom. The summed E-state index contributed by atoms with van der Waals surface area (Å²) in [6.07, 6.45) is 0. The third kappa shape index (κ3) is 2.49. The van der Waals surface area contributed by atoms with E-state index in [1.165, 1.54) is 0 Å². The molecule has 4 nitrogen and oxygen atoms in total. The van der Waals surface area contributed by atoms with Crippen molar-refractivity contribution in [3.63, 3.8) is 0 Å². The number of para-hydroxylation sites is 1. The van der Waals surface area contributed by atoms with Crippen molar-refractivity contribution in [3.8, 4) is 11.1 Å². The molecule has 2 heterocycles. The summed E-state index contributed by atoms with van der Waals surface area (Å²) in [5, 5.41) is 22.9. The molecule has 138 valence electrons. The fourth-order valence-corrected chi connectivity index (χ4v) is 4.04. The van der Waals surface area contributed by atoms with E-state index in [0.717, 1.165) is 49.4 Å². The Morgan fingerprint density at radius 3 is 2.00 bits per heavy atom. The van der Waals surface area contributed by atoms with Crippen molar-refractivity contribution in [3.05, 3.63) is 78.9 Å². The maximum Gasteiger partial charge on any atom is 0.488 e. The second kappa shape index (κ2) is 5.98. The van der Waals surface area contributed by atoms with Crippen LogP contribution in [0.15, 0.2) is 87.7 Å². The number of furan rings is 2. The minimum Gasteiger partial charge on any atom is -0.456 e. The van der Waals surface area contributed by atoms with Gasteiger partial charge in [0.2, 0.25) is 0 Å². The largest absolute Gasteiger partial charge is 0.488 e. The number of hydrogen-bond donors (Lipinski definition) is 2. The van der Waals surface area contributed by atoms with Crippen LogP contribution in [-0.2, 0) is 0 Å². The number of fused-ring (bicyclic) bond motifs is 6. The molecular weight excluding hydrogens is 363 g/mol. The van der Waals surface area contributed by atoms with Gasteiger partial charge >= 0.3 is 7.12 Å². The Hall–Kier alpha value is -3.54. The van der Waals surface area contributed by atoms with Crippen LogP contribution >= 0.6 is 0 Å². The Morgan fingerprint density at radius 1 is 0.517 bits per heavy atom. The first kappa shape index (κ1) is 16.4. The van der Waals surface area contributed by atoms with E-state index in [2.05, 4.69) is 24.3 Å². The molecule has 0 radical (unpaired) electrons. The first-order chi connectivity index (χ1) is 14.2. The van der Waals surface area contributed by atoms with Crippen molar-refractivity contribution in [2.45, 2.75) is 0 Å². The smallest absolute Gasteiger partial charge is 0.456 e. The van der Waals surface area contributed by atoms with E-state index >= 15 is 0 Å². The van der Waals surface area contributed by atoms with Gasteiger partial charge in [0.05, 0.1) is 0 Å². The molecule has 0 saturated carbocycles. The van der Waals surface area contributed by atoms with Crippen molar-refractivity contribution in [2.24, 2.45) is 0 Å². The van der Waals surface area contributed by atoms with E-state index in [9.17, 15) is 10.0 Å². The first-order valence-electron chi connectivity index (χ1n) is 9.41. The normalized spacial score (nSPS) is 11.8. The number of hydrogen-bond acceptors (Lipinski definition) is 4. The molecule has 6 rings (SSSR count). The lowest BCUT2D eigenvalue weighted by Gasteiger charge is -2.02. The summed E-state index contributed by atoms with van der Waals surface area (Å²) in [7, 11) is -1.51. The Bertz CT molecular complexity index is 1540. The zero-order chi connectivity index (χ0) is 19.5. The molecule has 0 aliphatic carbocycles. The first-order valence-corrected chi connectivity index (χ1v) is 9.41. The van der Waals surface area contributed by atoms with E-state index in [4.69, 9.17) is 8.83 Å². The van der Waals surface area contributed by atoms with Crippen molar-refractivity contribution in [1.29, 1.82) is 0 Å². The molecule has 0 spiro atoms. The highest BCUT2D eigenvalue weighted by Gasteiger charge is 2.15. The number of rotatable bonds is 2. The summed E-state index contributed by atoms with van der Waals surface area (Å²) in [6, 6.07) is 25.6. The van der Waals surface area contributed by atoms with Crippen LogP contribution < -0.4 is 5.46 Å². The van der Waals surface area contributed by atoms with Gasteiger partial charge < -0.3 is 18.9 Å². The summed E-state index contributed by atoms with van der Waals surface area (Å²) < 4.78 is 11.9. The molecule has 4 aromatic carbocycles. The predicted octanol–water partition coefficient (Wildman–Crippen LogP) is 4.83. The molecule has 6 aromatic rings. The fourth-order valence-electron chi connectivity index (χ4n) is 4.04. The zero-order valence-corrected chi connectivity index (χ0v) is 15.3. The standard InChI is InChI=1S/C24H15BO4/c26-25(27)16-7-9-19-18-8-5-15(12-23(18)29-24(19)13-16)14-6-10-22-20(11-14)17-3-1-2-4-21(17)28-22/h1-13,26-27H. The van der Waals surface area contributed by atoms with Gasteiger partial charge in [0, 0.05) is 21.5 Å². The van der Waals surface area contributed by atoms with Gasteiger partial charge in [0.1, 0.15) is 22.3 Å². The summed E-state index contributed by atoms with van der Waals surface area (Å²) >= 11 is 0. The highest BCUT2D eigenvalue weighted by molar-refractivity contribution is 6.58. The molecule has 2 N–H and O–H groups in total. The molecule has 0 bridgehead atoms. The Kier molecular flexibility index (Phi) is 3.39. The van der Waals surface area contributed by atoms with Crippen LogP contribution in [0, 0.1) is 0 Å². The SMILES string of the molecule is OB(O)c1ccc2c(c1)oc1cc(-c3ccc4oc5ccccc5c4c3)ccc12. The summed E-state index contributed by atoms with van der Waals surface area (Å²) in [5.74, 6) is 0. The minimum absolute atomic E-state index is 0.411. The van der Waals surface area contributed by atoms with Crippen molar-refractivity contribution in [1.82, 2.24) is 0 Å². The van der Waals surface area contributed by atoms with Gasteiger partial charge in [0.25, 0.3) is 0 Å². The van der Waals surface area contributed by atoms with Gasteiger partial charge in [-0.2, -0.15) is 0 Å². The predicted molar refractivity (Wildman–Crippen MR) is 116 cm³/mol. The van der Waals surface area contributed by atoms with E-state index in [1.54, 1.807) is 12.1 Å². The third-order valence-electron chi connectivity index (χ3n) is 5.51. The second-order valence-electron chi connectivity index (χ2n) is 7.25. The van der Waals surface area contributed by atoms with Gasteiger partial charge in [-0.15, -0.1) is 0 Å². The maximum atomic E-state index is 9.40. The van der Waals surface area contributed by atoms with Gasteiger partial charge in [0.15, 0.2) is 0 Å². The molecule has 0 unspecified atom stereocenters.